The van der Waals surface area contributed by atoms with Crippen LogP contribution in [0.3, 0.4) is 0 Å². The molecule has 1 aliphatic rings. The van der Waals surface area contributed by atoms with Crippen molar-refractivity contribution >= 4 is 23.2 Å². The molecule has 1 amide bonds. The van der Waals surface area contributed by atoms with Gasteiger partial charge in [-0.3, -0.25) is 9.59 Å². The van der Waals surface area contributed by atoms with Gasteiger partial charge in [0.1, 0.15) is 5.01 Å². The van der Waals surface area contributed by atoms with E-state index in [0.29, 0.717) is 36.3 Å². The zero-order valence-electron chi connectivity index (χ0n) is 12.8. The molecule has 0 saturated heterocycles. The number of aryl methyl sites for hydroxylation is 1. The molecule has 24 heavy (non-hydrogen) atoms. The molecule has 1 unspecified atom stereocenters. The fraction of sp³-hybridized carbons (Fsp3) is 0.643. The van der Waals surface area contributed by atoms with Gasteiger partial charge in [0.15, 0.2) is 0 Å². The van der Waals surface area contributed by atoms with Gasteiger partial charge in [0.2, 0.25) is 11.5 Å². The van der Waals surface area contributed by atoms with E-state index in [1.165, 1.54) is 12.3 Å². The van der Waals surface area contributed by atoms with Crippen LogP contribution in [0.25, 0.3) is 0 Å². The Balaban J connectivity index is 2.18. The van der Waals surface area contributed by atoms with Crippen LogP contribution in [0.4, 0.5) is 13.2 Å². The number of amides is 1. The van der Waals surface area contributed by atoms with E-state index >= 15 is 0 Å². The summed E-state index contributed by atoms with van der Waals surface area (Å²) >= 11 is 0.618. The maximum Gasteiger partial charge on any atom is 0.424 e. The lowest BCUT2D eigenvalue weighted by Gasteiger charge is -2.42. The number of hydrogen-bond donors (Lipinski definition) is 3. The summed E-state index contributed by atoms with van der Waals surface area (Å²) in [5.74, 6) is -2.19. The van der Waals surface area contributed by atoms with Crippen LogP contribution in [0.2, 0.25) is 0 Å². The summed E-state index contributed by atoms with van der Waals surface area (Å²) in [5, 5.41) is 22.1. The number of rotatable bonds is 6. The number of thiazole rings is 1. The molecule has 0 aliphatic heterocycles. The van der Waals surface area contributed by atoms with Gasteiger partial charge in [-0.1, -0.05) is 0 Å². The number of carboxylic acid groups (broad SMARTS) is 1. The van der Waals surface area contributed by atoms with Crippen LogP contribution in [0, 0.1) is 6.92 Å². The number of halogens is 3. The number of alkyl halides is 3. The fourth-order valence-electron chi connectivity index (χ4n) is 2.65. The van der Waals surface area contributed by atoms with Crippen LogP contribution in [0.5, 0.6) is 0 Å². The molecule has 3 N–H and O–H groups in total. The second kappa shape index (κ2) is 6.32. The zero-order chi connectivity index (χ0) is 18.2. The normalized spacial score (nSPS) is 19.2. The van der Waals surface area contributed by atoms with E-state index in [0.717, 1.165) is 0 Å². The third-order valence-corrected chi connectivity index (χ3v) is 5.17. The Kier molecular flexibility index (Phi) is 4.91. The highest BCUT2D eigenvalue weighted by Crippen LogP contribution is 2.43. The number of nitrogens with zero attached hydrogens (tertiary/aromatic N) is 1. The average Bonchev–Trinajstić information content (AvgIpc) is 2.81. The molecule has 0 spiro atoms. The molecule has 1 aromatic heterocycles. The van der Waals surface area contributed by atoms with Gasteiger partial charge in [-0.2, -0.15) is 13.2 Å². The van der Waals surface area contributed by atoms with E-state index in [4.69, 9.17) is 5.11 Å². The van der Waals surface area contributed by atoms with Gasteiger partial charge in [-0.25, -0.2) is 4.98 Å². The minimum atomic E-state index is -5.09. The first-order valence-corrected chi connectivity index (χ1v) is 8.10. The molecule has 0 bridgehead atoms. The number of aromatic nitrogens is 1. The molecule has 1 heterocycles. The summed E-state index contributed by atoms with van der Waals surface area (Å²) in [6.45, 7) is 1.48. The molecule has 6 nitrogen and oxygen atoms in total. The Morgan fingerprint density at radius 1 is 1.42 bits per heavy atom. The summed E-state index contributed by atoms with van der Waals surface area (Å²) in [7, 11) is 0. The zero-order valence-corrected chi connectivity index (χ0v) is 13.6. The molecule has 1 saturated carbocycles. The second-order valence-electron chi connectivity index (χ2n) is 6.08. The number of aliphatic hydroxyl groups is 1. The number of nitrogens with one attached hydrogen (secondary N) is 1. The van der Waals surface area contributed by atoms with Crippen molar-refractivity contribution in [2.75, 3.05) is 0 Å². The first kappa shape index (κ1) is 18.7. The van der Waals surface area contributed by atoms with E-state index in [1.807, 2.05) is 0 Å². The summed E-state index contributed by atoms with van der Waals surface area (Å²) < 4.78 is 40.0. The summed E-state index contributed by atoms with van der Waals surface area (Å²) in [4.78, 5) is 26.6. The lowest BCUT2D eigenvalue weighted by Crippen LogP contribution is -2.56. The van der Waals surface area contributed by atoms with Gasteiger partial charge in [0, 0.05) is 11.1 Å². The highest BCUT2D eigenvalue weighted by atomic mass is 32.1. The molecule has 0 aromatic carbocycles. The first-order chi connectivity index (χ1) is 11.0. The third kappa shape index (κ3) is 3.69. The van der Waals surface area contributed by atoms with Crippen molar-refractivity contribution in [2.45, 2.75) is 56.3 Å². The van der Waals surface area contributed by atoms with E-state index in [2.05, 4.69) is 10.3 Å². The lowest BCUT2D eigenvalue weighted by molar-refractivity contribution is -0.267. The van der Waals surface area contributed by atoms with Gasteiger partial charge >= 0.3 is 12.1 Å². The van der Waals surface area contributed by atoms with Crippen LogP contribution < -0.4 is 5.32 Å². The van der Waals surface area contributed by atoms with Crippen LogP contribution in [-0.4, -0.2) is 38.8 Å². The molecule has 1 aliphatic carbocycles. The third-order valence-electron chi connectivity index (χ3n) is 4.06. The van der Waals surface area contributed by atoms with Crippen molar-refractivity contribution in [3.8, 4) is 0 Å². The Labute approximate surface area is 139 Å². The van der Waals surface area contributed by atoms with E-state index in [-0.39, 0.29) is 6.42 Å². The van der Waals surface area contributed by atoms with Crippen molar-refractivity contribution in [3.63, 3.8) is 0 Å². The number of carbonyl (C=O) groups is 2. The summed E-state index contributed by atoms with van der Waals surface area (Å²) in [6.07, 6.45) is -5.26. The monoisotopic (exact) mass is 366 g/mol. The van der Waals surface area contributed by atoms with E-state index in [1.54, 1.807) is 0 Å². The highest BCUT2D eigenvalue weighted by molar-refractivity contribution is 7.09. The molecule has 2 rings (SSSR count). The van der Waals surface area contributed by atoms with Gasteiger partial charge in [0.05, 0.1) is 18.4 Å². The topological polar surface area (TPSA) is 99.5 Å². The number of hydrogen-bond acceptors (Lipinski definition) is 5. The fourth-order valence-corrected chi connectivity index (χ4v) is 3.57. The van der Waals surface area contributed by atoms with E-state index < -0.39 is 40.6 Å². The van der Waals surface area contributed by atoms with Gasteiger partial charge in [-0.05, 0) is 26.2 Å². The number of aliphatic carboxylic acids is 1. The number of carboxylic acids is 1. The van der Waals surface area contributed by atoms with Gasteiger partial charge in [0.25, 0.3) is 0 Å². The highest BCUT2D eigenvalue weighted by Gasteiger charge is 2.58. The minimum Gasteiger partial charge on any atom is -0.481 e. The van der Waals surface area contributed by atoms with Crippen LogP contribution in [0.15, 0.2) is 5.38 Å². The van der Waals surface area contributed by atoms with Gasteiger partial charge in [-0.15, -0.1) is 11.3 Å². The molecular formula is C14H17F3N2O4S. The maximum atomic E-state index is 13.3. The lowest BCUT2D eigenvalue weighted by atomic mass is 9.74. The Bertz CT molecular complexity index is 642. The summed E-state index contributed by atoms with van der Waals surface area (Å²) in [5.41, 5.74) is -4.13. The molecule has 1 fully saturated rings. The average molecular weight is 366 g/mol. The maximum absolute atomic E-state index is 13.3. The molecule has 10 heteroatoms. The Morgan fingerprint density at radius 2 is 2.04 bits per heavy atom. The Hall–Kier alpha value is -1.68. The molecule has 134 valence electrons. The molecular weight excluding hydrogens is 349 g/mol. The Morgan fingerprint density at radius 3 is 2.42 bits per heavy atom. The number of carbonyl (C=O) groups excluding carboxylic acids is 1. The minimum absolute atomic E-state index is 0.305. The van der Waals surface area contributed by atoms with Crippen LogP contribution in [0.1, 0.15) is 42.8 Å². The second-order valence-corrected chi connectivity index (χ2v) is 6.94. The standard InChI is InChI=1S/C14H17F3N2O4S/c1-8-7-24-11(18-8)13(23,14(15,16)17)5-9(20)19-12(3-2-4-12)6-10(21)22/h7,23H,2-6H2,1H3,(H,19,20)(H,21,22). The van der Waals surface area contributed by atoms with Crippen molar-refractivity contribution in [2.24, 2.45) is 0 Å². The largest absolute Gasteiger partial charge is 0.481 e. The molecule has 0 radical (unpaired) electrons. The van der Waals surface area contributed by atoms with Gasteiger partial charge < -0.3 is 15.5 Å². The SMILES string of the molecule is Cc1csc(C(O)(CC(=O)NC2(CC(=O)O)CCC2)C(F)(F)F)n1. The van der Waals surface area contributed by atoms with Crippen molar-refractivity contribution in [1.29, 1.82) is 0 Å². The van der Waals surface area contributed by atoms with Crippen molar-refractivity contribution < 1.29 is 33.0 Å². The smallest absolute Gasteiger partial charge is 0.424 e. The van der Waals surface area contributed by atoms with E-state index in [9.17, 15) is 27.9 Å². The predicted molar refractivity (Wildman–Crippen MR) is 78.4 cm³/mol. The molecule has 1 aromatic rings. The molecule has 1 atom stereocenters. The summed E-state index contributed by atoms with van der Waals surface area (Å²) in [6, 6.07) is 0. The van der Waals surface area contributed by atoms with Crippen LogP contribution >= 0.6 is 11.3 Å². The first-order valence-electron chi connectivity index (χ1n) is 7.22. The predicted octanol–water partition coefficient (Wildman–Crippen LogP) is 2.11. The van der Waals surface area contributed by atoms with Crippen molar-refractivity contribution in [3.05, 3.63) is 16.1 Å². The quantitative estimate of drug-likeness (QED) is 0.716. The van der Waals surface area contributed by atoms with Crippen molar-refractivity contribution in [1.82, 2.24) is 10.3 Å². The van der Waals surface area contributed by atoms with Crippen LogP contribution in [-0.2, 0) is 15.2 Å².